The molecule has 0 aliphatic rings. The van der Waals surface area contributed by atoms with Crippen LogP contribution in [0.3, 0.4) is 0 Å². The van der Waals surface area contributed by atoms with Gasteiger partial charge in [-0.25, -0.2) is 9.59 Å². The lowest BCUT2D eigenvalue weighted by molar-refractivity contribution is 0.557. The molecule has 53 valence electrons. The predicted molar refractivity (Wildman–Crippen MR) is 34.4 cm³/mol. The predicted octanol–water partition coefficient (Wildman–Crippen LogP) is 0.948. The van der Waals surface area contributed by atoms with Gasteiger partial charge in [0.25, 0.3) is 0 Å². The fraction of sp³-hybridized carbons (Fsp3) is 0.500. The van der Waals surface area contributed by atoms with E-state index in [1.165, 1.54) is 12.2 Å². The Labute approximate surface area is 58.7 Å². The molecule has 4 nitrogen and oxygen atoms in total. The number of hydrogen-bond donors (Lipinski definition) is 0. The standard InChI is InChI=1S/C6H7N2O2/c1-2-3-6(7-4-9)8-5-10/h2-3H2,1H3. The third-order valence-electron chi connectivity index (χ3n) is 0.823. The molecule has 0 bridgehead atoms. The van der Waals surface area contributed by atoms with Crippen molar-refractivity contribution in [3.05, 3.63) is 6.17 Å². The van der Waals surface area contributed by atoms with E-state index in [1.54, 1.807) is 0 Å². The zero-order valence-electron chi connectivity index (χ0n) is 5.63. The van der Waals surface area contributed by atoms with Gasteiger partial charge in [0.1, 0.15) is 0 Å². The molecule has 0 N–H and O–H groups in total. The molecule has 0 amide bonds. The third-order valence-corrected chi connectivity index (χ3v) is 0.823. The zero-order valence-corrected chi connectivity index (χ0v) is 5.63. The second-order valence-corrected chi connectivity index (χ2v) is 1.57. The Balaban J connectivity index is 3.96. The molecule has 0 spiro atoms. The van der Waals surface area contributed by atoms with Crippen molar-refractivity contribution < 1.29 is 9.59 Å². The fourth-order valence-electron chi connectivity index (χ4n) is 0.466. The number of nitrogens with zero attached hydrogens (tertiary/aromatic N) is 2. The van der Waals surface area contributed by atoms with Crippen molar-refractivity contribution in [2.24, 2.45) is 9.98 Å². The van der Waals surface area contributed by atoms with Gasteiger partial charge < -0.3 is 0 Å². The quantitative estimate of drug-likeness (QED) is 0.430. The van der Waals surface area contributed by atoms with E-state index in [2.05, 4.69) is 9.98 Å². The maximum Gasteiger partial charge on any atom is 0.237 e. The summed E-state index contributed by atoms with van der Waals surface area (Å²) >= 11 is 0. The molecule has 4 heteroatoms. The molecular formula is C6H7N2O2. The molecule has 0 aliphatic carbocycles. The van der Waals surface area contributed by atoms with Gasteiger partial charge in [-0.2, -0.15) is 9.98 Å². The minimum atomic E-state index is 0.188. The van der Waals surface area contributed by atoms with Crippen LogP contribution in [0.2, 0.25) is 0 Å². The number of isocyanates is 2. The van der Waals surface area contributed by atoms with Crippen molar-refractivity contribution >= 4 is 12.2 Å². The minimum absolute atomic E-state index is 0.188. The highest BCUT2D eigenvalue weighted by atomic mass is 16.1. The number of rotatable bonds is 4. The smallest absolute Gasteiger partial charge is 0.211 e. The van der Waals surface area contributed by atoms with E-state index in [1.807, 2.05) is 6.92 Å². The van der Waals surface area contributed by atoms with Crippen LogP contribution in [0.1, 0.15) is 19.8 Å². The number of aliphatic imine (C=N–C) groups is 2. The second-order valence-electron chi connectivity index (χ2n) is 1.57. The van der Waals surface area contributed by atoms with Gasteiger partial charge in [0, 0.05) is 0 Å². The van der Waals surface area contributed by atoms with E-state index in [0.29, 0.717) is 6.42 Å². The van der Waals surface area contributed by atoms with Gasteiger partial charge in [-0.3, -0.25) is 0 Å². The highest BCUT2D eigenvalue weighted by Crippen LogP contribution is 2.09. The molecule has 10 heavy (non-hydrogen) atoms. The molecule has 0 unspecified atom stereocenters. The Kier molecular flexibility index (Phi) is 5.16. The summed E-state index contributed by atoms with van der Waals surface area (Å²) in [5, 5.41) is 0. The summed E-state index contributed by atoms with van der Waals surface area (Å²) in [6.07, 6.45) is 4.08. The first kappa shape index (κ1) is 8.76. The highest BCUT2D eigenvalue weighted by Gasteiger charge is 2.02. The summed E-state index contributed by atoms with van der Waals surface area (Å²) in [6.45, 7) is 1.89. The molecule has 0 aromatic carbocycles. The third kappa shape index (κ3) is 3.72. The monoisotopic (exact) mass is 139 g/mol. The van der Waals surface area contributed by atoms with E-state index in [4.69, 9.17) is 0 Å². The first-order valence-electron chi connectivity index (χ1n) is 2.86. The van der Waals surface area contributed by atoms with Crippen LogP contribution in [-0.4, -0.2) is 12.2 Å². The van der Waals surface area contributed by atoms with Crippen molar-refractivity contribution in [1.29, 1.82) is 0 Å². The van der Waals surface area contributed by atoms with Crippen LogP contribution >= 0.6 is 0 Å². The summed E-state index contributed by atoms with van der Waals surface area (Å²) in [6, 6.07) is 0. The Morgan fingerprint density at radius 3 is 2.10 bits per heavy atom. The zero-order chi connectivity index (χ0) is 7.82. The largest absolute Gasteiger partial charge is 0.237 e. The SMILES string of the molecule is CCC[C](N=C=O)N=C=O. The Bertz CT molecular complexity index is 160. The summed E-state index contributed by atoms with van der Waals surface area (Å²) in [5.74, 6) is 0. The average molecular weight is 139 g/mol. The van der Waals surface area contributed by atoms with Crippen LogP contribution in [0, 0.1) is 6.17 Å². The lowest BCUT2D eigenvalue weighted by atomic mass is 10.3. The van der Waals surface area contributed by atoms with Crippen LogP contribution in [0.4, 0.5) is 0 Å². The number of carbonyl (C=O) groups excluding carboxylic acids is 2. The summed E-state index contributed by atoms with van der Waals surface area (Å²) in [5.41, 5.74) is 0. The maximum atomic E-state index is 9.66. The molecule has 0 saturated heterocycles. The van der Waals surface area contributed by atoms with E-state index in [0.717, 1.165) is 6.42 Å². The maximum absolute atomic E-state index is 9.66. The minimum Gasteiger partial charge on any atom is -0.211 e. The van der Waals surface area contributed by atoms with Crippen molar-refractivity contribution in [3.63, 3.8) is 0 Å². The second kappa shape index (κ2) is 5.89. The lowest BCUT2D eigenvalue weighted by Gasteiger charge is -1.94. The molecule has 0 aliphatic heterocycles. The molecule has 0 heterocycles. The van der Waals surface area contributed by atoms with Crippen molar-refractivity contribution in [3.8, 4) is 0 Å². The molecule has 1 radical (unpaired) electrons. The summed E-state index contributed by atoms with van der Waals surface area (Å²) < 4.78 is 0. The Hall–Kier alpha value is -1.24. The Morgan fingerprint density at radius 1 is 1.30 bits per heavy atom. The van der Waals surface area contributed by atoms with Gasteiger partial charge in [0.05, 0.1) is 0 Å². The van der Waals surface area contributed by atoms with Gasteiger partial charge in [-0.1, -0.05) is 13.3 Å². The highest BCUT2D eigenvalue weighted by molar-refractivity contribution is 5.39. The summed E-state index contributed by atoms with van der Waals surface area (Å²) in [4.78, 5) is 25.7. The normalized spacial score (nSPS) is 8.20. The van der Waals surface area contributed by atoms with Crippen LogP contribution in [0.5, 0.6) is 0 Å². The average Bonchev–Trinajstić information content (AvgIpc) is 1.90. The Morgan fingerprint density at radius 2 is 1.80 bits per heavy atom. The van der Waals surface area contributed by atoms with E-state index in [9.17, 15) is 9.59 Å². The van der Waals surface area contributed by atoms with Gasteiger partial charge in [0.15, 0.2) is 0 Å². The van der Waals surface area contributed by atoms with Crippen LogP contribution in [0.25, 0.3) is 0 Å². The molecule has 0 aromatic heterocycles. The van der Waals surface area contributed by atoms with E-state index in [-0.39, 0.29) is 6.17 Å². The molecule has 0 atom stereocenters. The molecule has 0 saturated carbocycles. The van der Waals surface area contributed by atoms with Crippen molar-refractivity contribution in [1.82, 2.24) is 0 Å². The van der Waals surface area contributed by atoms with Gasteiger partial charge in [-0.15, -0.1) is 0 Å². The van der Waals surface area contributed by atoms with Crippen LogP contribution in [-0.2, 0) is 9.59 Å². The van der Waals surface area contributed by atoms with Gasteiger partial charge >= 0.3 is 0 Å². The van der Waals surface area contributed by atoms with Crippen molar-refractivity contribution in [2.45, 2.75) is 19.8 Å². The topological polar surface area (TPSA) is 58.9 Å². The van der Waals surface area contributed by atoms with Crippen LogP contribution < -0.4 is 0 Å². The van der Waals surface area contributed by atoms with E-state index >= 15 is 0 Å². The van der Waals surface area contributed by atoms with Gasteiger partial charge in [0.2, 0.25) is 18.3 Å². The molecule has 0 aromatic rings. The molecule has 0 fully saturated rings. The fourth-order valence-corrected chi connectivity index (χ4v) is 0.466. The van der Waals surface area contributed by atoms with Crippen molar-refractivity contribution in [2.75, 3.05) is 0 Å². The first-order valence-corrected chi connectivity index (χ1v) is 2.86. The van der Waals surface area contributed by atoms with Gasteiger partial charge in [-0.05, 0) is 6.42 Å². The first-order chi connectivity index (χ1) is 4.85. The molecule has 0 rings (SSSR count). The molecular weight excluding hydrogens is 132 g/mol. The van der Waals surface area contributed by atoms with E-state index < -0.39 is 0 Å². The number of hydrogen-bond acceptors (Lipinski definition) is 4. The van der Waals surface area contributed by atoms with Crippen LogP contribution in [0.15, 0.2) is 9.98 Å². The summed E-state index contributed by atoms with van der Waals surface area (Å²) in [7, 11) is 0. The lowest BCUT2D eigenvalue weighted by Crippen LogP contribution is -1.86.